The number of ether oxygens (including phenoxy) is 2. The second-order valence-corrected chi connectivity index (χ2v) is 6.12. The number of rotatable bonds is 2. The van der Waals surface area contributed by atoms with E-state index >= 15 is 0 Å². The third-order valence-corrected chi connectivity index (χ3v) is 4.62. The van der Waals surface area contributed by atoms with Gasteiger partial charge in [-0.15, -0.1) is 0 Å². The Morgan fingerprint density at radius 3 is 2.54 bits per heavy atom. The number of anilines is 1. The molecule has 1 fully saturated rings. The van der Waals surface area contributed by atoms with Crippen molar-refractivity contribution in [3.05, 3.63) is 53.3 Å². The molecule has 0 spiro atoms. The summed E-state index contributed by atoms with van der Waals surface area (Å²) in [6.45, 7) is 2.50. The Morgan fingerprint density at radius 1 is 1.04 bits per heavy atom. The lowest BCUT2D eigenvalue weighted by Gasteiger charge is -2.36. The fourth-order valence-corrected chi connectivity index (χ4v) is 3.18. The zero-order chi connectivity index (χ0) is 18.1. The van der Waals surface area contributed by atoms with Gasteiger partial charge in [-0.25, -0.2) is 4.39 Å². The Bertz CT molecular complexity index is 901. The number of amides is 1. The monoisotopic (exact) mass is 353 g/mol. The van der Waals surface area contributed by atoms with Crippen LogP contribution in [0.15, 0.2) is 36.4 Å². The van der Waals surface area contributed by atoms with Gasteiger partial charge in [0.05, 0.1) is 17.2 Å². The molecule has 0 aromatic heterocycles. The Labute approximate surface area is 149 Å². The number of benzene rings is 2. The van der Waals surface area contributed by atoms with Crippen LogP contribution in [0.25, 0.3) is 0 Å². The zero-order valence-electron chi connectivity index (χ0n) is 13.9. The second kappa shape index (κ2) is 6.56. The van der Waals surface area contributed by atoms with Crippen molar-refractivity contribution in [1.82, 2.24) is 4.90 Å². The van der Waals surface area contributed by atoms with E-state index in [0.29, 0.717) is 26.2 Å². The van der Waals surface area contributed by atoms with E-state index in [2.05, 4.69) is 4.90 Å². The molecule has 2 heterocycles. The third kappa shape index (κ3) is 2.90. The van der Waals surface area contributed by atoms with E-state index in [9.17, 15) is 9.18 Å². The van der Waals surface area contributed by atoms with Crippen LogP contribution in [0, 0.1) is 17.1 Å². The van der Waals surface area contributed by atoms with E-state index < -0.39 is 5.82 Å². The van der Waals surface area contributed by atoms with Gasteiger partial charge in [-0.05, 0) is 30.3 Å². The van der Waals surface area contributed by atoms with E-state index in [1.807, 2.05) is 24.3 Å². The number of hydrogen-bond acceptors (Lipinski definition) is 5. The van der Waals surface area contributed by atoms with Crippen LogP contribution >= 0.6 is 0 Å². The summed E-state index contributed by atoms with van der Waals surface area (Å²) in [4.78, 5) is 16.4. The third-order valence-electron chi connectivity index (χ3n) is 4.62. The van der Waals surface area contributed by atoms with Crippen LogP contribution in [0.4, 0.5) is 10.1 Å². The summed E-state index contributed by atoms with van der Waals surface area (Å²) in [6, 6.07) is 11.6. The van der Waals surface area contributed by atoms with Gasteiger partial charge in [0.1, 0.15) is 5.82 Å². The molecule has 132 valence electrons. The molecule has 0 N–H and O–H groups in total. The largest absolute Gasteiger partial charge is 0.454 e. The molecule has 1 saturated heterocycles. The van der Waals surface area contributed by atoms with Crippen LogP contribution in [0.3, 0.4) is 0 Å². The molecule has 0 saturated carbocycles. The van der Waals surface area contributed by atoms with Crippen molar-refractivity contribution in [2.75, 3.05) is 37.9 Å². The highest BCUT2D eigenvalue weighted by Crippen LogP contribution is 2.35. The summed E-state index contributed by atoms with van der Waals surface area (Å²) in [6.07, 6.45) is 0. The molecular weight excluding hydrogens is 337 g/mol. The summed E-state index contributed by atoms with van der Waals surface area (Å²) >= 11 is 0. The van der Waals surface area contributed by atoms with E-state index in [-0.39, 0.29) is 23.8 Å². The maximum absolute atomic E-state index is 14.1. The first-order valence-electron chi connectivity index (χ1n) is 8.29. The van der Waals surface area contributed by atoms with Gasteiger partial charge in [0, 0.05) is 37.9 Å². The molecule has 1 amide bonds. The van der Waals surface area contributed by atoms with E-state index in [1.165, 1.54) is 12.1 Å². The predicted octanol–water partition coefficient (Wildman–Crippen LogP) is 2.39. The van der Waals surface area contributed by atoms with E-state index in [0.717, 1.165) is 23.3 Å². The van der Waals surface area contributed by atoms with Gasteiger partial charge in [0.2, 0.25) is 6.79 Å². The molecule has 26 heavy (non-hydrogen) atoms. The minimum atomic E-state index is -0.660. The van der Waals surface area contributed by atoms with Gasteiger partial charge in [-0.1, -0.05) is 0 Å². The molecule has 0 aliphatic carbocycles. The Kier molecular flexibility index (Phi) is 4.09. The second-order valence-electron chi connectivity index (χ2n) is 6.12. The van der Waals surface area contributed by atoms with Crippen LogP contribution in [0.2, 0.25) is 0 Å². The van der Waals surface area contributed by atoms with Crippen molar-refractivity contribution < 1.29 is 18.7 Å². The molecule has 0 unspecified atom stereocenters. The molecule has 2 aromatic carbocycles. The molecule has 2 aliphatic heterocycles. The fourth-order valence-electron chi connectivity index (χ4n) is 3.18. The quantitative estimate of drug-likeness (QED) is 0.829. The van der Waals surface area contributed by atoms with Crippen LogP contribution in [-0.4, -0.2) is 43.8 Å². The SMILES string of the molecule is N#Cc1ccc(C(=O)N2CCN(c3ccc4c(c3)OCO4)CC2)c(F)c1. The number of nitriles is 1. The van der Waals surface area contributed by atoms with Gasteiger partial charge in [-0.2, -0.15) is 5.26 Å². The Hall–Kier alpha value is -3.27. The number of nitrogens with zero attached hydrogens (tertiary/aromatic N) is 3. The molecular formula is C19H16FN3O3. The number of halogens is 1. The number of carbonyl (C=O) groups excluding carboxylic acids is 1. The summed E-state index contributed by atoms with van der Waals surface area (Å²) in [7, 11) is 0. The first-order chi connectivity index (χ1) is 12.7. The normalized spacial score (nSPS) is 15.7. The Balaban J connectivity index is 1.43. The van der Waals surface area contributed by atoms with Crippen molar-refractivity contribution in [3.63, 3.8) is 0 Å². The average Bonchev–Trinajstić information content (AvgIpc) is 3.15. The smallest absolute Gasteiger partial charge is 0.256 e. The molecule has 0 radical (unpaired) electrons. The number of hydrogen-bond donors (Lipinski definition) is 0. The van der Waals surface area contributed by atoms with Crippen molar-refractivity contribution >= 4 is 11.6 Å². The van der Waals surface area contributed by atoms with E-state index in [1.54, 1.807) is 4.90 Å². The minimum Gasteiger partial charge on any atom is -0.454 e. The van der Waals surface area contributed by atoms with Crippen molar-refractivity contribution in [2.24, 2.45) is 0 Å². The summed E-state index contributed by atoms with van der Waals surface area (Å²) in [5.74, 6) is 0.448. The minimum absolute atomic E-state index is 0.000490. The standard InChI is InChI=1S/C19H16FN3O3/c20-16-9-13(11-21)1-3-15(16)19(24)23-7-5-22(6-8-23)14-2-4-17-18(10-14)26-12-25-17/h1-4,9-10H,5-8,12H2. The Morgan fingerprint density at radius 2 is 1.81 bits per heavy atom. The lowest BCUT2D eigenvalue weighted by molar-refractivity contribution is 0.0742. The number of carbonyl (C=O) groups is 1. The van der Waals surface area contributed by atoms with Crippen LogP contribution < -0.4 is 14.4 Å². The molecule has 2 aliphatic rings. The molecule has 0 bridgehead atoms. The topological polar surface area (TPSA) is 65.8 Å². The number of piperazine rings is 1. The molecule has 4 rings (SSSR count). The van der Waals surface area contributed by atoms with Crippen molar-refractivity contribution in [3.8, 4) is 17.6 Å². The first-order valence-corrected chi connectivity index (χ1v) is 8.29. The molecule has 6 nitrogen and oxygen atoms in total. The van der Waals surface area contributed by atoms with Crippen LogP contribution in [0.1, 0.15) is 15.9 Å². The molecule has 0 atom stereocenters. The van der Waals surface area contributed by atoms with Gasteiger partial charge in [-0.3, -0.25) is 4.79 Å². The molecule has 2 aromatic rings. The maximum Gasteiger partial charge on any atom is 0.256 e. The highest BCUT2D eigenvalue weighted by atomic mass is 19.1. The predicted molar refractivity (Wildman–Crippen MR) is 91.8 cm³/mol. The summed E-state index contributed by atoms with van der Waals surface area (Å²) in [5.41, 5.74) is 1.21. The highest BCUT2D eigenvalue weighted by Gasteiger charge is 2.25. The average molecular weight is 353 g/mol. The lowest BCUT2D eigenvalue weighted by atomic mass is 10.1. The van der Waals surface area contributed by atoms with Gasteiger partial charge in [0.25, 0.3) is 5.91 Å². The maximum atomic E-state index is 14.1. The summed E-state index contributed by atoms with van der Waals surface area (Å²) < 4.78 is 24.8. The van der Waals surface area contributed by atoms with Gasteiger partial charge >= 0.3 is 0 Å². The highest BCUT2D eigenvalue weighted by molar-refractivity contribution is 5.94. The summed E-state index contributed by atoms with van der Waals surface area (Å²) in [5, 5.41) is 8.80. The van der Waals surface area contributed by atoms with E-state index in [4.69, 9.17) is 14.7 Å². The lowest BCUT2D eigenvalue weighted by Crippen LogP contribution is -2.49. The van der Waals surface area contributed by atoms with Gasteiger partial charge in [0.15, 0.2) is 11.5 Å². The molecule has 7 heteroatoms. The van der Waals surface area contributed by atoms with Crippen molar-refractivity contribution in [2.45, 2.75) is 0 Å². The fraction of sp³-hybridized carbons (Fsp3) is 0.263. The zero-order valence-corrected chi connectivity index (χ0v) is 13.9. The van der Waals surface area contributed by atoms with Crippen LogP contribution in [0.5, 0.6) is 11.5 Å². The van der Waals surface area contributed by atoms with Crippen LogP contribution in [-0.2, 0) is 0 Å². The number of fused-ring (bicyclic) bond motifs is 1. The first kappa shape index (κ1) is 16.2. The van der Waals surface area contributed by atoms with Gasteiger partial charge < -0.3 is 19.3 Å². The van der Waals surface area contributed by atoms with Crippen molar-refractivity contribution in [1.29, 1.82) is 5.26 Å².